The fourth-order valence-corrected chi connectivity index (χ4v) is 2.08. The van der Waals surface area contributed by atoms with Gasteiger partial charge in [-0.25, -0.2) is 0 Å². The van der Waals surface area contributed by atoms with Gasteiger partial charge >= 0.3 is 0 Å². The Morgan fingerprint density at radius 2 is 2.33 bits per heavy atom. The summed E-state index contributed by atoms with van der Waals surface area (Å²) in [5.41, 5.74) is 2.34. The molecule has 0 saturated carbocycles. The molecule has 1 aromatic rings. The second kappa shape index (κ2) is 3.94. The highest BCUT2D eigenvalue weighted by Gasteiger charge is 2.24. The van der Waals surface area contributed by atoms with Crippen LogP contribution in [0, 0.1) is 0 Å². The van der Waals surface area contributed by atoms with Crippen LogP contribution in [0.4, 0.5) is 0 Å². The van der Waals surface area contributed by atoms with Gasteiger partial charge in [0, 0.05) is 13.1 Å². The van der Waals surface area contributed by atoms with Crippen LogP contribution in [0.3, 0.4) is 0 Å². The van der Waals surface area contributed by atoms with E-state index in [9.17, 15) is 5.11 Å². The van der Waals surface area contributed by atoms with Crippen molar-refractivity contribution in [3.8, 4) is 0 Å². The molecule has 0 aromatic carbocycles. The van der Waals surface area contributed by atoms with Gasteiger partial charge in [-0.3, -0.25) is 9.58 Å². The molecule has 0 fully saturated rings. The third-order valence-electron chi connectivity index (χ3n) is 2.93. The Morgan fingerprint density at radius 1 is 1.60 bits per heavy atom. The second-order valence-corrected chi connectivity index (χ2v) is 4.69. The molecule has 1 N–H and O–H groups in total. The van der Waals surface area contributed by atoms with Gasteiger partial charge in [-0.05, 0) is 19.0 Å². The highest BCUT2D eigenvalue weighted by Crippen LogP contribution is 2.23. The van der Waals surface area contributed by atoms with Gasteiger partial charge in [-0.1, -0.05) is 13.8 Å². The van der Waals surface area contributed by atoms with Crippen LogP contribution in [0.25, 0.3) is 0 Å². The fourth-order valence-electron chi connectivity index (χ4n) is 2.08. The number of aromatic nitrogens is 2. The van der Waals surface area contributed by atoms with Crippen molar-refractivity contribution in [1.82, 2.24) is 14.7 Å². The van der Waals surface area contributed by atoms with Crippen molar-refractivity contribution in [1.29, 1.82) is 0 Å². The lowest BCUT2D eigenvalue weighted by Gasteiger charge is -2.29. The molecule has 1 unspecified atom stereocenters. The predicted octanol–water partition coefficient (Wildman–Crippen LogP) is 0.985. The lowest BCUT2D eigenvalue weighted by molar-refractivity contribution is 0.141. The van der Waals surface area contributed by atoms with E-state index in [1.54, 1.807) is 0 Å². The first kappa shape index (κ1) is 10.6. The van der Waals surface area contributed by atoms with Gasteiger partial charge < -0.3 is 5.11 Å². The Kier molecular flexibility index (Phi) is 2.80. The molecule has 4 nitrogen and oxygen atoms in total. The summed E-state index contributed by atoms with van der Waals surface area (Å²) in [4.78, 5) is 2.22. The highest BCUT2D eigenvalue weighted by molar-refractivity contribution is 5.15. The average molecular weight is 209 g/mol. The number of likely N-dealkylation sites (N-methyl/N-ethyl adjacent to an activating group) is 1. The van der Waals surface area contributed by atoms with Gasteiger partial charge in [-0.2, -0.15) is 5.10 Å². The van der Waals surface area contributed by atoms with E-state index in [-0.39, 0.29) is 12.6 Å². The molecule has 0 aliphatic carbocycles. The molecule has 84 valence electrons. The van der Waals surface area contributed by atoms with Crippen molar-refractivity contribution >= 4 is 0 Å². The Bertz CT molecular complexity index is 346. The quantitative estimate of drug-likeness (QED) is 0.789. The molecule has 0 radical (unpaired) electrons. The smallest absolute Gasteiger partial charge is 0.0880 e. The van der Waals surface area contributed by atoms with E-state index in [1.165, 1.54) is 5.69 Å². The lowest BCUT2D eigenvalue weighted by atomic mass is 10.1. The normalized spacial score (nSPS) is 22.1. The van der Waals surface area contributed by atoms with Gasteiger partial charge in [0.2, 0.25) is 0 Å². The van der Waals surface area contributed by atoms with Crippen molar-refractivity contribution in [2.24, 2.45) is 0 Å². The standard InChI is InChI=1S/C11H19N3O/c1-8(2)11-4-9-5-13(3)6-10(7-15)14(9)12-11/h4,8,10,15H,5-7H2,1-3H3. The third-order valence-corrected chi connectivity index (χ3v) is 2.93. The topological polar surface area (TPSA) is 41.3 Å². The summed E-state index contributed by atoms with van der Waals surface area (Å²) in [6, 6.07) is 2.27. The predicted molar refractivity (Wildman–Crippen MR) is 58.8 cm³/mol. The zero-order chi connectivity index (χ0) is 11.0. The van der Waals surface area contributed by atoms with Crippen molar-refractivity contribution in [3.05, 3.63) is 17.5 Å². The van der Waals surface area contributed by atoms with Crippen LogP contribution in [0.15, 0.2) is 6.07 Å². The molecule has 0 bridgehead atoms. The number of fused-ring (bicyclic) bond motifs is 1. The molecule has 1 aromatic heterocycles. The maximum atomic E-state index is 9.32. The van der Waals surface area contributed by atoms with E-state index in [0.29, 0.717) is 5.92 Å². The minimum absolute atomic E-state index is 0.117. The summed E-state index contributed by atoms with van der Waals surface area (Å²) in [5.74, 6) is 0.452. The molecule has 1 aliphatic rings. The van der Waals surface area contributed by atoms with E-state index in [1.807, 2.05) is 4.68 Å². The Balaban J connectivity index is 2.34. The number of aliphatic hydroxyl groups is 1. The molecule has 0 amide bonds. The monoisotopic (exact) mass is 209 g/mol. The average Bonchev–Trinajstić information content (AvgIpc) is 2.59. The lowest BCUT2D eigenvalue weighted by Crippen LogP contribution is -2.36. The van der Waals surface area contributed by atoms with Crippen LogP contribution < -0.4 is 0 Å². The van der Waals surface area contributed by atoms with Crippen LogP contribution >= 0.6 is 0 Å². The maximum Gasteiger partial charge on any atom is 0.0880 e. The van der Waals surface area contributed by atoms with Crippen LogP contribution in [-0.2, 0) is 6.54 Å². The molecule has 0 saturated heterocycles. The fraction of sp³-hybridized carbons (Fsp3) is 0.727. The maximum absolute atomic E-state index is 9.32. The van der Waals surface area contributed by atoms with Crippen LogP contribution in [0.5, 0.6) is 0 Å². The van der Waals surface area contributed by atoms with Crippen LogP contribution in [-0.4, -0.2) is 40.0 Å². The molecule has 0 spiro atoms. The zero-order valence-electron chi connectivity index (χ0n) is 9.64. The summed E-state index contributed by atoms with van der Waals surface area (Å²) in [6.45, 7) is 6.26. The summed E-state index contributed by atoms with van der Waals surface area (Å²) in [7, 11) is 2.08. The number of hydrogen-bond donors (Lipinski definition) is 1. The number of rotatable bonds is 2. The van der Waals surface area contributed by atoms with Crippen LogP contribution in [0.1, 0.15) is 37.2 Å². The van der Waals surface area contributed by atoms with Gasteiger partial charge in [0.25, 0.3) is 0 Å². The Hall–Kier alpha value is -0.870. The molecule has 1 atom stereocenters. The molecule has 2 heterocycles. The molecule has 1 aliphatic heterocycles. The van der Waals surface area contributed by atoms with Gasteiger partial charge in [-0.15, -0.1) is 0 Å². The number of nitrogens with zero attached hydrogens (tertiary/aromatic N) is 3. The van der Waals surface area contributed by atoms with Crippen LogP contribution in [0.2, 0.25) is 0 Å². The summed E-state index contributed by atoms with van der Waals surface area (Å²) in [6.07, 6.45) is 0. The molecule has 2 rings (SSSR count). The van der Waals surface area contributed by atoms with Gasteiger partial charge in [0.15, 0.2) is 0 Å². The minimum atomic E-state index is 0.117. The van der Waals surface area contributed by atoms with E-state index >= 15 is 0 Å². The minimum Gasteiger partial charge on any atom is -0.394 e. The largest absolute Gasteiger partial charge is 0.394 e. The van der Waals surface area contributed by atoms with Crippen molar-refractivity contribution < 1.29 is 5.11 Å². The third kappa shape index (κ3) is 1.92. The van der Waals surface area contributed by atoms with Gasteiger partial charge in [0.05, 0.1) is 24.0 Å². The molecule has 15 heavy (non-hydrogen) atoms. The van der Waals surface area contributed by atoms with Gasteiger partial charge in [0.1, 0.15) is 0 Å². The van der Waals surface area contributed by atoms with Crippen molar-refractivity contribution in [3.63, 3.8) is 0 Å². The van der Waals surface area contributed by atoms with Crippen molar-refractivity contribution in [2.45, 2.75) is 32.4 Å². The highest BCUT2D eigenvalue weighted by atomic mass is 16.3. The Morgan fingerprint density at radius 3 is 2.93 bits per heavy atom. The first-order valence-corrected chi connectivity index (χ1v) is 5.49. The number of aliphatic hydroxyl groups excluding tert-OH is 1. The first-order chi connectivity index (χ1) is 7.11. The second-order valence-electron chi connectivity index (χ2n) is 4.69. The number of hydrogen-bond acceptors (Lipinski definition) is 3. The van der Waals surface area contributed by atoms with E-state index in [0.717, 1.165) is 18.8 Å². The summed E-state index contributed by atoms with van der Waals surface area (Å²) < 4.78 is 2.00. The Labute approximate surface area is 90.5 Å². The molecular weight excluding hydrogens is 190 g/mol. The summed E-state index contributed by atoms with van der Waals surface area (Å²) >= 11 is 0. The SMILES string of the molecule is CC(C)c1cc2n(n1)C(CO)CN(C)C2. The molecule has 4 heteroatoms. The molecular formula is C11H19N3O. The van der Waals surface area contributed by atoms with E-state index < -0.39 is 0 Å². The first-order valence-electron chi connectivity index (χ1n) is 5.49. The summed E-state index contributed by atoms with van der Waals surface area (Å²) in [5, 5.41) is 13.9. The zero-order valence-corrected chi connectivity index (χ0v) is 9.64. The van der Waals surface area contributed by atoms with E-state index in [4.69, 9.17) is 0 Å². The van der Waals surface area contributed by atoms with Crippen molar-refractivity contribution in [2.75, 3.05) is 20.2 Å². The van der Waals surface area contributed by atoms with E-state index in [2.05, 4.69) is 37.0 Å².